The summed E-state index contributed by atoms with van der Waals surface area (Å²) in [6.45, 7) is 0. The average Bonchev–Trinajstić information content (AvgIpc) is 0. The van der Waals surface area contributed by atoms with Gasteiger partial charge in [-0.3, -0.25) is 0 Å². The van der Waals surface area contributed by atoms with Crippen LogP contribution in [0.2, 0.25) is 0 Å². The Morgan fingerprint density at radius 1 is 1.00 bits per heavy atom. The third-order valence-electron chi connectivity index (χ3n) is 0. The van der Waals surface area contributed by atoms with Gasteiger partial charge in [-0.1, -0.05) is 0 Å². The molecule has 0 fully saturated rings. The molecule has 0 nitrogen and oxygen atoms in total. The van der Waals surface area contributed by atoms with E-state index in [1.54, 1.807) is 0 Å². The van der Waals surface area contributed by atoms with E-state index in [1.165, 1.54) is 0 Å². The Morgan fingerprint density at radius 3 is 1.00 bits per heavy atom. The van der Waals surface area contributed by atoms with Gasteiger partial charge in [-0.25, -0.2) is 0 Å². The molecule has 4 heteroatoms. The van der Waals surface area contributed by atoms with Crippen LogP contribution in [0.3, 0.4) is 0 Å². The van der Waals surface area contributed by atoms with Crippen LogP contribution in [-0.4, -0.2) is 79.7 Å². The average molecular weight is 127 g/mol. The van der Waals surface area contributed by atoms with Crippen LogP contribution in [0.1, 0.15) is 0 Å². The van der Waals surface area contributed by atoms with Crippen molar-refractivity contribution in [3.8, 4) is 0 Å². The van der Waals surface area contributed by atoms with Crippen molar-refractivity contribution in [1.82, 2.24) is 0 Å². The van der Waals surface area contributed by atoms with E-state index in [1.807, 2.05) is 0 Å². The van der Waals surface area contributed by atoms with Gasteiger partial charge in [0, 0.05) is 96.7 Å². The van der Waals surface area contributed by atoms with Crippen molar-refractivity contribution in [3.63, 3.8) is 0 Å². The molecule has 0 saturated heterocycles. The molecular weight excluding hydrogens is 127 g/mol. The zero-order valence-electron chi connectivity index (χ0n) is 2.77. The Balaban J connectivity index is 0. The summed E-state index contributed by atoms with van der Waals surface area (Å²) in [5, 5.41) is 0. The summed E-state index contributed by atoms with van der Waals surface area (Å²) in [6.07, 6.45) is 0. The molecule has 0 N–H and O–H groups in total. The maximum absolute atomic E-state index is 0. The van der Waals surface area contributed by atoms with Crippen molar-refractivity contribution in [2.75, 3.05) is 0 Å². The van der Waals surface area contributed by atoms with Crippen molar-refractivity contribution in [2.45, 2.75) is 0 Å². The first-order valence-corrected chi connectivity index (χ1v) is 0. The zero-order valence-corrected chi connectivity index (χ0v) is 7.49. The van der Waals surface area contributed by atoms with Crippen LogP contribution in [0.4, 0.5) is 0 Å². The molecule has 0 aromatic rings. The van der Waals surface area contributed by atoms with Crippen LogP contribution in [0, 0.1) is 0 Å². The second kappa shape index (κ2) is 16.4. The topological polar surface area (TPSA) is 0 Å². The predicted molar refractivity (Wildman–Crippen MR) is 17.3 cm³/mol. The Morgan fingerprint density at radius 2 is 1.00 bits per heavy atom. The molecule has 0 aromatic carbocycles. The van der Waals surface area contributed by atoms with E-state index in [0.717, 1.165) is 0 Å². The molecule has 0 aliphatic heterocycles. The maximum atomic E-state index is 0. The van der Waals surface area contributed by atoms with E-state index in [0.29, 0.717) is 0 Å². The van der Waals surface area contributed by atoms with Gasteiger partial charge < -0.3 is 0 Å². The van der Waals surface area contributed by atoms with E-state index in [2.05, 4.69) is 0 Å². The molecule has 0 aromatic heterocycles. The molecule has 4 heavy (non-hydrogen) atoms. The van der Waals surface area contributed by atoms with Gasteiger partial charge >= 0.3 is 0 Å². The van der Waals surface area contributed by atoms with Gasteiger partial charge in [-0.15, -0.1) is 0 Å². The molecule has 0 bridgehead atoms. The van der Waals surface area contributed by atoms with Gasteiger partial charge in [0.05, 0.1) is 0 Å². The summed E-state index contributed by atoms with van der Waals surface area (Å²) in [7, 11) is 0. The van der Waals surface area contributed by atoms with Crippen LogP contribution >= 0.6 is 0 Å². The van der Waals surface area contributed by atoms with Crippen molar-refractivity contribution in [3.05, 3.63) is 0 Å². The summed E-state index contributed by atoms with van der Waals surface area (Å²) < 4.78 is 0. The second-order valence-corrected chi connectivity index (χ2v) is 0. The molecule has 0 heterocycles. The third-order valence-corrected chi connectivity index (χ3v) is 0. The number of hydrogen-bond donors (Lipinski definition) is 0. The molecule has 0 atom stereocenters. The minimum absolute atomic E-state index is 0. The maximum Gasteiger partial charge on any atom is 0 e. The summed E-state index contributed by atoms with van der Waals surface area (Å²) in [5.41, 5.74) is 0. The molecule has 0 rings (SSSR count). The van der Waals surface area contributed by atoms with E-state index >= 15 is 0 Å². The van der Waals surface area contributed by atoms with Crippen LogP contribution in [0.5, 0.6) is 0 Å². The van der Waals surface area contributed by atoms with Crippen LogP contribution in [0.25, 0.3) is 0 Å². The minimum Gasteiger partial charge on any atom is 0 e. The van der Waals surface area contributed by atoms with Gasteiger partial charge in [0.25, 0.3) is 0 Å². The van der Waals surface area contributed by atoms with E-state index in [9.17, 15) is 0 Å². The monoisotopic (exact) mass is 127 g/mol. The van der Waals surface area contributed by atoms with E-state index < -0.39 is 0 Å². The normalized spacial score (nSPS) is 0. The third kappa shape index (κ3) is 8.94. The summed E-state index contributed by atoms with van der Waals surface area (Å²) in [4.78, 5) is 0. The van der Waals surface area contributed by atoms with Crippen LogP contribution in [0.15, 0.2) is 0 Å². The first-order chi connectivity index (χ1) is 0. The summed E-state index contributed by atoms with van der Waals surface area (Å²) in [6, 6.07) is 0. The van der Waals surface area contributed by atoms with Gasteiger partial charge in [0.2, 0.25) is 0 Å². The van der Waals surface area contributed by atoms with Gasteiger partial charge in [0.1, 0.15) is 0 Å². The second-order valence-electron chi connectivity index (χ2n) is 0. The smallest absolute Gasteiger partial charge is 0 e. The van der Waals surface area contributed by atoms with E-state index in [-0.39, 0.29) is 96.7 Å². The van der Waals surface area contributed by atoms with Crippen molar-refractivity contribution >= 4 is 79.7 Å². The van der Waals surface area contributed by atoms with Crippen molar-refractivity contribution < 1.29 is 17.1 Å². The standard InChI is InChI=1S/Ca.Fe.Li.Mg. The van der Waals surface area contributed by atoms with Gasteiger partial charge in [-0.2, -0.15) is 0 Å². The van der Waals surface area contributed by atoms with Crippen LogP contribution < -0.4 is 0 Å². The fraction of sp³-hybridized carbons (Fsp3) is 0. The quantitative estimate of drug-likeness (QED) is 0.361. The Kier molecular flexibility index (Phi) is 112. The minimum atomic E-state index is 0. The molecule has 13 valence electrons. The molecule has 5 radical (unpaired) electrons. The number of rotatable bonds is 0. The van der Waals surface area contributed by atoms with Crippen LogP contribution in [-0.2, 0) is 17.1 Å². The first kappa shape index (κ1) is 27.3. The first-order valence-electron chi connectivity index (χ1n) is 0. The fourth-order valence-corrected chi connectivity index (χ4v) is 0. The largest absolute Gasteiger partial charge is 0 e. The Bertz CT molecular complexity index is 8.00. The van der Waals surface area contributed by atoms with Gasteiger partial charge in [0.15, 0.2) is 0 Å². The fourth-order valence-electron chi connectivity index (χ4n) is 0. The summed E-state index contributed by atoms with van der Waals surface area (Å²) >= 11 is 0. The molecule has 0 spiro atoms. The molecule has 0 saturated carbocycles. The molecule has 0 aliphatic carbocycles. The molecular formula is CaFeLiMg. The Hall–Kier alpha value is 3.14. The van der Waals surface area contributed by atoms with E-state index in [4.69, 9.17) is 0 Å². The molecule has 0 amide bonds. The van der Waals surface area contributed by atoms with Crippen molar-refractivity contribution in [2.24, 2.45) is 0 Å². The predicted octanol–water partition coefficient (Wildman–Crippen LogP) is -1.14. The SMILES string of the molecule is [Ca].[Fe].[Li].[Mg]. The molecule has 0 aliphatic rings. The van der Waals surface area contributed by atoms with Crippen molar-refractivity contribution in [1.29, 1.82) is 0 Å². The molecule has 0 unspecified atom stereocenters. The number of hydrogen-bond acceptors (Lipinski definition) is 0. The van der Waals surface area contributed by atoms with Gasteiger partial charge in [-0.05, 0) is 0 Å². The zero-order chi connectivity index (χ0) is 0. The summed E-state index contributed by atoms with van der Waals surface area (Å²) in [5.74, 6) is 0. The Labute approximate surface area is 94.6 Å².